The van der Waals surface area contributed by atoms with Crippen LogP contribution in [0.3, 0.4) is 0 Å². The molecule has 2 aromatic rings. The summed E-state index contributed by atoms with van der Waals surface area (Å²) in [4.78, 5) is 16.2. The Morgan fingerprint density at radius 2 is 2.32 bits per heavy atom. The van der Waals surface area contributed by atoms with Crippen LogP contribution in [0.2, 0.25) is 0 Å². The summed E-state index contributed by atoms with van der Waals surface area (Å²) < 4.78 is 0.748. The van der Waals surface area contributed by atoms with Gasteiger partial charge in [-0.2, -0.15) is 5.10 Å². The third-order valence-electron chi connectivity index (χ3n) is 2.72. The first-order valence-corrected chi connectivity index (χ1v) is 6.58. The molecule has 0 radical (unpaired) electrons. The average molecular weight is 324 g/mol. The van der Waals surface area contributed by atoms with Gasteiger partial charge in [0.2, 0.25) is 0 Å². The second kappa shape index (κ2) is 5.40. The Morgan fingerprint density at radius 3 is 2.89 bits per heavy atom. The number of nitrogen functional groups attached to an aromatic ring is 1. The number of anilines is 2. The molecule has 6 nitrogen and oxygen atoms in total. The Bertz CT molecular complexity index is 623. The molecule has 0 aromatic carbocycles. The first-order chi connectivity index (χ1) is 9.02. The smallest absolute Gasteiger partial charge is 0.278 e. The molecule has 2 heterocycles. The molecule has 1 amide bonds. The maximum absolute atomic E-state index is 12.0. The number of halogens is 1. The van der Waals surface area contributed by atoms with Crippen molar-refractivity contribution in [3.8, 4) is 0 Å². The fourth-order valence-electron chi connectivity index (χ4n) is 1.65. The van der Waals surface area contributed by atoms with Gasteiger partial charge in [-0.15, -0.1) is 0 Å². The number of carbonyl (C=O) groups excluding carboxylic acids is 1. The molecule has 0 aliphatic rings. The number of carbonyl (C=O) groups is 1. The lowest BCUT2D eigenvalue weighted by Gasteiger charge is -2.05. The van der Waals surface area contributed by atoms with E-state index in [-0.39, 0.29) is 11.6 Å². The molecule has 0 fully saturated rings. The molecule has 0 aliphatic carbocycles. The van der Waals surface area contributed by atoms with Crippen molar-refractivity contribution in [3.05, 3.63) is 33.8 Å². The summed E-state index contributed by atoms with van der Waals surface area (Å²) in [5.41, 5.74) is 8.74. The van der Waals surface area contributed by atoms with Gasteiger partial charge in [-0.1, -0.05) is 6.92 Å². The van der Waals surface area contributed by atoms with Gasteiger partial charge >= 0.3 is 0 Å². The monoisotopic (exact) mass is 323 g/mol. The fourth-order valence-corrected chi connectivity index (χ4v) is 1.86. The first kappa shape index (κ1) is 13.5. The van der Waals surface area contributed by atoms with Gasteiger partial charge in [-0.05, 0) is 40.9 Å². The van der Waals surface area contributed by atoms with Crippen LogP contribution in [-0.2, 0) is 6.42 Å². The highest BCUT2D eigenvalue weighted by Crippen LogP contribution is 2.19. The molecule has 0 aliphatic heterocycles. The number of hydrogen-bond acceptors (Lipinski definition) is 4. The highest BCUT2D eigenvalue weighted by molar-refractivity contribution is 9.10. The van der Waals surface area contributed by atoms with Gasteiger partial charge in [0, 0.05) is 0 Å². The Balaban J connectivity index is 2.20. The highest BCUT2D eigenvalue weighted by atomic mass is 79.9. The second-order valence-electron chi connectivity index (χ2n) is 4.10. The van der Waals surface area contributed by atoms with E-state index < -0.39 is 0 Å². The summed E-state index contributed by atoms with van der Waals surface area (Å²) >= 11 is 3.30. The van der Waals surface area contributed by atoms with Crippen LogP contribution >= 0.6 is 15.9 Å². The van der Waals surface area contributed by atoms with Crippen LogP contribution in [0.25, 0.3) is 0 Å². The van der Waals surface area contributed by atoms with Crippen LogP contribution in [0.15, 0.2) is 16.9 Å². The van der Waals surface area contributed by atoms with Gasteiger partial charge in [0.05, 0.1) is 23.3 Å². The maximum atomic E-state index is 12.0. The quantitative estimate of drug-likeness (QED) is 0.755. The van der Waals surface area contributed by atoms with Crippen LogP contribution in [-0.4, -0.2) is 21.1 Å². The number of nitrogens with zero attached hydrogens (tertiary/aromatic N) is 2. The number of amides is 1. The normalized spacial score (nSPS) is 10.5. The molecule has 0 unspecified atom stereocenters. The highest BCUT2D eigenvalue weighted by Gasteiger charge is 2.16. The van der Waals surface area contributed by atoms with Gasteiger partial charge in [-0.3, -0.25) is 9.89 Å². The minimum absolute atomic E-state index is 0.206. The van der Waals surface area contributed by atoms with Crippen LogP contribution in [0, 0.1) is 6.92 Å². The van der Waals surface area contributed by atoms with Crippen LogP contribution in [0.1, 0.15) is 28.7 Å². The van der Waals surface area contributed by atoms with Crippen molar-refractivity contribution < 1.29 is 4.79 Å². The van der Waals surface area contributed by atoms with Crippen molar-refractivity contribution in [1.29, 1.82) is 0 Å². The summed E-state index contributed by atoms with van der Waals surface area (Å²) in [6.07, 6.45) is 2.27. The molecule has 0 atom stereocenters. The van der Waals surface area contributed by atoms with Crippen molar-refractivity contribution in [3.63, 3.8) is 0 Å². The molecule has 2 rings (SSSR count). The Morgan fingerprint density at radius 1 is 1.58 bits per heavy atom. The summed E-state index contributed by atoms with van der Waals surface area (Å²) in [5, 5.41) is 9.40. The van der Waals surface area contributed by atoms with E-state index in [4.69, 9.17) is 5.73 Å². The summed E-state index contributed by atoms with van der Waals surface area (Å²) in [5.74, 6) is -0.350. The number of aromatic amines is 1. The minimum Gasteiger partial charge on any atom is -0.395 e. The summed E-state index contributed by atoms with van der Waals surface area (Å²) in [7, 11) is 0. The van der Waals surface area contributed by atoms with E-state index >= 15 is 0 Å². The van der Waals surface area contributed by atoms with Crippen LogP contribution < -0.4 is 11.1 Å². The lowest BCUT2D eigenvalue weighted by molar-refractivity contribution is 0.102. The molecule has 0 bridgehead atoms. The molecule has 100 valence electrons. The van der Waals surface area contributed by atoms with E-state index in [1.165, 1.54) is 0 Å². The zero-order chi connectivity index (χ0) is 14.0. The summed E-state index contributed by atoms with van der Waals surface area (Å²) in [6.45, 7) is 3.83. The predicted molar refractivity (Wildman–Crippen MR) is 77.0 cm³/mol. The molecule has 0 spiro atoms. The standard InChI is InChI=1S/C12H14BrN5O/c1-3-8-9(14)10(18-17-8)12(19)16-7-4-6(2)11(13)15-5-7/h4-5H,3,14H2,1-2H3,(H,16,19)(H,17,18). The molecule has 19 heavy (non-hydrogen) atoms. The van der Waals surface area contributed by atoms with E-state index in [2.05, 4.69) is 36.4 Å². The number of H-pyrrole nitrogens is 1. The molecular weight excluding hydrogens is 310 g/mol. The first-order valence-electron chi connectivity index (χ1n) is 5.79. The SMILES string of the molecule is CCc1[nH]nc(C(=O)Nc2cnc(Br)c(C)c2)c1N. The number of aryl methyl sites for hydroxylation is 2. The minimum atomic E-state index is -0.350. The molecular formula is C12H14BrN5O. The maximum Gasteiger partial charge on any atom is 0.278 e. The van der Waals surface area contributed by atoms with E-state index in [1.54, 1.807) is 6.20 Å². The lowest BCUT2D eigenvalue weighted by atomic mass is 10.2. The van der Waals surface area contributed by atoms with Gasteiger partial charge < -0.3 is 11.1 Å². The number of pyridine rings is 1. The largest absolute Gasteiger partial charge is 0.395 e. The van der Waals surface area contributed by atoms with E-state index in [1.807, 2.05) is 19.9 Å². The molecule has 2 aromatic heterocycles. The van der Waals surface area contributed by atoms with Gasteiger partial charge in [0.15, 0.2) is 5.69 Å². The average Bonchev–Trinajstić information content (AvgIpc) is 2.75. The van der Waals surface area contributed by atoms with Crippen molar-refractivity contribution in [1.82, 2.24) is 15.2 Å². The lowest BCUT2D eigenvalue weighted by Crippen LogP contribution is -2.14. The zero-order valence-corrected chi connectivity index (χ0v) is 12.2. The van der Waals surface area contributed by atoms with Gasteiger partial charge in [0.25, 0.3) is 5.91 Å². The third kappa shape index (κ3) is 2.76. The number of aromatic nitrogens is 3. The molecule has 7 heteroatoms. The van der Waals surface area contributed by atoms with Gasteiger partial charge in [0.1, 0.15) is 4.60 Å². The van der Waals surface area contributed by atoms with E-state index in [9.17, 15) is 4.79 Å². The van der Waals surface area contributed by atoms with E-state index in [0.717, 1.165) is 15.9 Å². The van der Waals surface area contributed by atoms with Crippen molar-refractivity contribution in [2.45, 2.75) is 20.3 Å². The second-order valence-corrected chi connectivity index (χ2v) is 4.85. The molecule has 4 N–H and O–H groups in total. The number of rotatable bonds is 3. The molecule has 0 saturated carbocycles. The zero-order valence-electron chi connectivity index (χ0n) is 10.6. The van der Waals surface area contributed by atoms with Gasteiger partial charge in [-0.25, -0.2) is 4.98 Å². The Hall–Kier alpha value is -1.89. The molecule has 0 saturated heterocycles. The van der Waals surface area contributed by atoms with Crippen LogP contribution in [0.4, 0.5) is 11.4 Å². The van der Waals surface area contributed by atoms with E-state index in [0.29, 0.717) is 17.8 Å². The Kier molecular flexibility index (Phi) is 3.84. The van der Waals surface area contributed by atoms with Crippen molar-refractivity contribution in [2.24, 2.45) is 0 Å². The number of nitrogens with two attached hydrogens (primary N) is 1. The predicted octanol–water partition coefficient (Wildman–Crippen LogP) is 2.27. The summed E-state index contributed by atoms with van der Waals surface area (Å²) in [6, 6.07) is 1.82. The number of hydrogen-bond donors (Lipinski definition) is 3. The fraction of sp³-hybridized carbons (Fsp3) is 0.250. The Labute approximate surface area is 118 Å². The van der Waals surface area contributed by atoms with Crippen molar-refractivity contribution >= 4 is 33.2 Å². The third-order valence-corrected chi connectivity index (χ3v) is 3.55. The number of nitrogens with one attached hydrogen (secondary N) is 2. The van der Waals surface area contributed by atoms with Crippen LogP contribution in [0.5, 0.6) is 0 Å². The topological polar surface area (TPSA) is 96.7 Å². The van der Waals surface area contributed by atoms with Crippen molar-refractivity contribution in [2.75, 3.05) is 11.1 Å².